The van der Waals surface area contributed by atoms with E-state index in [2.05, 4.69) is 50.3 Å². The lowest BCUT2D eigenvalue weighted by Gasteiger charge is -2.42. The normalized spacial score (nSPS) is 20.5. The second-order valence-electron chi connectivity index (χ2n) is 8.81. The van der Waals surface area contributed by atoms with Crippen molar-refractivity contribution in [2.45, 2.75) is 19.4 Å². The topological polar surface area (TPSA) is 61.4 Å². The lowest BCUT2D eigenvalue weighted by atomic mass is 9.79. The van der Waals surface area contributed by atoms with E-state index in [9.17, 15) is 9.59 Å². The van der Waals surface area contributed by atoms with E-state index >= 15 is 0 Å². The Balaban J connectivity index is 0.00000304. The van der Waals surface area contributed by atoms with Gasteiger partial charge in [0.25, 0.3) is 5.91 Å². The summed E-state index contributed by atoms with van der Waals surface area (Å²) in [5.74, 6) is 1.58. The van der Waals surface area contributed by atoms with Gasteiger partial charge in [0.1, 0.15) is 0 Å². The number of carbonyl (C=O) groups excluding carboxylic acids is 2. The number of Topliss-reactive ketones (excluding diaryl/α,β-unsaturated/α-hetero) is 1. The van der Waals surface area contributed by atoms with Gasteiger partial charge in [-0.15, -0.1) is 12.4 Å². The highest BCUT2D eigenvalue weighted by molar-refractivity contribution is 14.1. The van der Waals surface area contributed by atoms with Crippen molar-refractivity contribution in [2.75, 3.05) is 23.4 Å². The number of thioether (sulfide) groups is 1. The number of nitrogens with zero attached hydrogens (tertiary/aromatic N) is 1. The van der Waals surface area contributed by atoms with Crippen LogP contribution in [0.1, 0.15) is 32.7 Å². The lowest BCUT2D eigenvalue weighted by molar-refractivity contribution is 0.0850. The van der Waals surface area contributed by atoms with Crippen LogP contribution in [0.4, 0.5) is 5.69 Å². The van der Waals surface area contributed by atoms with Crippen LogP contribution in [0.3, 0.4) is 0 Å². The lowest BCUT2D eigenvalue weighted by Crippen LogP contribution is -2.47. The molecule has 5 nitrogen and oxygen atoms in total. The van der Waals surface area contributed by atoms with Crippen molar-refractivity contribution >= 4 is 75.7 Å². The molecule has 0 radical (unpaired) electrons. The Labute approximate surface area is 240 Å². The molecule has 3 aliphatic rings. The zero-order valence-corrected chi connectivity index (χ0v) is 24.1. The third-order valence-electron chi connectivity index (χ3n) is 6.70. The number of amides is 1. The summed E-state index contributed by atoms with van der Waals surface area (Å²) < 4.78 is 1.03. The summed E-state index contributed by atoms with van der Waals surface area (Å²) in [5, 5.41) is 6.56. The number of benzene rings is 2. The SMILES string of the molecule is Cc1c(I)cccc1C(=O)Nc1ccc(C(=O)C2CC=CC3=CNC=C4CSCCN4C32)c(Cl)c1.Cl. The van der Waals surface area contributed by atoms with E-state index in [1.807, 2.05) is 43.2 Å². The van der Waals surface area contributed by atoms with Gasteiger partial charge in [0.05, 0.1) is 17.0 Å². The van der Waals surface area contributed by atoms with E-state index in [1.165, 1.54) is 5.70 Å². The molecule has 0 spiro atoms. The zero-order valence-electron chi connectivity index (χ0n) is 19.6. The third kappa shape index (κ3) is 5.35. The molecule has 2 N–H and O–H groups in total. The van der Waals surface area contributed by atoms with Crippen molar-refractivity contribution in [2.24, 2.45) is 5.92 Å². The molecule has 36 heavy (non-hydrogen) atoms. The summed E-state index contributed by atoms with van der Waals surface area (Å²) in [5.41, 5.74) is 4.94. The van der Waals surface area contributed by atoms with Crippen LogP contribution >= 0.6 is 58.4 Å². The monoisotopic (exact) mass is 653 g/mol. The Morgan fingerprint density at radius 1 is 1.19 bits per heavy atom. The summed E-state index contributed by atoms with van der Waals surface area (Å²) in [6.45, 7) is 2.84. The van der Waals surface area contributed by atoms with Gasteiger partial charge in [0.15, 0.2) is 5.78 Å². The van der Waals surface area contributed by atoms with Gasteiger partial charge in [-0.05, 0) is 77.4 Å². The largest absolute Gasteiger partial charge is 0.366 e. The van der Waals surface area contributed by atoms with Gasteiger partial charge in [-0.3, -0.25) is 9.59 Å². The molecule has 0 saturated carbocycles. The third-order valence-corrected chi connectivity index (χ3v) is 9.15. The van der Waals surface area contributed by atoms with Gasteiger partial charge in [0, 0.05) is 56.5 Å². The fraction of sp³-hybridized carbons (Fsp3) is 0.259. The summed E-state index contributed by atoms with van der Waals surface area (Å²) in [7, 11) is 0. The van der Waals surface area contributed by atoms with Gasteiger partial charge in [0.2, 0.25) is 0 Å². The maximum atomic E-state index is 13.8. The number of halogens is 3. The van der Waals surface area contributed by atoms with Crippen LogP contribution in [-0.2, 0) is 0 Å². The number of ketones is 1. The van der Waals surface area contributed by atoms with Crippen LogP contribution in [-0.4, -0.2) is 40.7 Å². The van der Waals surface area contributed by atoms with Crippen molar-refractivity contribution in [3.8, 4) is 0 Å². The number of hydrogen-bond acceptors (Lipinski definition) is 5. The van der Waals surface area contributed by atoms with Gasteiger partial charge >= 0.3 is 0 Å². The van der Waals surface area contributed by atoms with E-state index in [0.29, 0.717) is 28.3 Å². The maximum Gasteiger partial charge on any atom is 0.255 e. The molecule has 9 heteroatoms. The number of allylic oxidation sites excluding steroid dienone is 1. The van der Waals surface area contributed by atoms with Crippen LogP contribution < -0.4 is 10.6 Å². The van der Waals surface area contributed by atoms with Crippen molar-refractivity contribution in [1.29, 1.82) is 0 Å². The second kappa shape index (κ2) is 11.6. The van der Waals surface area contributed by atoms with Gasteiger partial charge in [-0.1, -0.05) is 29.8 Å². The molecule has 1 saturated heterocycles. The summed E-state index contributed by atoms with van der Waals surface area (Å²) in [6.07, 6.45) is 8.91. The highest BCUT2D eigenvalue weighted by Gasteiger charge is 2.39. The molecule has 2 aromatic rings. The van der Waals surface area contributed by atoms with E-state index in [0.717, 1.165) is 32.8 Å². The van der Waals surface area contributed by atoms with E-state index in [4.69, 9.17) is 11.6 Å². The Bertz CT molecular complexity index is 1290. The second-order valence-corrected chi connectivity index (χ2v) is 11.5. The molecule has 2 unspecified atom stereocenters. The Morgan fingerprint density at radius 2 is 2.03 bits per heavy atom. The Morgan fingerprint density at radius 3 is 2.83 bits per heavy atom. The highest BCUT2D eigenvalue weighted by atomic mass is 127. The number of rotatable bonds is 4. The molecule has 1 fully saturated rings. The van der Waals surface area contributed by atoms with Crippen molar-refractivity contribution in [3.05, 3.63) is 97.5 Å². The van der Waals surface area contributed by atoms with Crippen LogP contribution in [0.5, 0.6) is 0 Å². The van der Waals surface area contributed by atoms with Crippen LogP contribution in [0.2, 0.25) is 5.02 Å². The molecule has 188 valence electrons. The minimum Gasteiger partial charge on any atom is -0.366 e. The first kappa shape index (κ1) is 27.1. The first-order chi connectivity index (χ1) is 16.9. The fourth-order valence-corrected chi connectivity index (χ4v) is 6.58. The summed E-state index contributed by atoms with van der Waals surface area (Å²) in [6, 6.07) is 10.8. The number of hydrogen-bond donors (Lipinski definition) is 2. The predicted octanol–water partition coefficient (Wildman–Crippen LogP) is 6.43. The molecule has 1 amide bonds. The molecular formula is C27H26Cl2IN3O2S. The van der Waals surface area contributed by atoms with Crippen LogP contribution in [0.25, 0.3) is 0 Å². The minimum absolute atomic E-state index is 0. The molecule has 2 aromatic carbocycles. The smallest absolute Gasteiger partial charge is 0.255 e. The fourth-order valence-electron chi connectivity index (χ4n) is 4.88. The number of carbonyl (C=O) groups is 2. The van der Waals surface area contributed by atoms with Crippen LogP contribution in [0, 0.1) is 16.4 Å². The zero-order chi connectivity index (χ0) is 24.5. The Kier molecular flexibility index (Phi) is 8.75. The van der Waals surface area contributed by atoms with Crippen molar-refractivity contribution in [3.63, 3.8) is 0 Å². The molecule has 2 aliphatic heterocycles. The maximum absolute atomic E-state index is 13.8. The molecular weight excluding hydrogens is 628 g/mol. The molecule has 2 heterocycles. The number of fused-ring (bicyclic) bond motifs is 3. The van der Waals surface area contributed by atoms with Gasteiger partial charge < -0.3 is 15.5 Å². The highest BCUT2D eigenvalue weighted by Crippen LogP contribution is 2.37. The average molecular weight is 654 g/mol. The predicted molar refractivity (Wildman–Crippen MR) is 159 cm³/mol. The minimum atomic E-state index is -0.232. The first-order valence-corrected chi connectivity index (χ1v) is 14.1. The van der Waals surface area contributed by atoms with E-state index in [1.54, 1.807) is 24.3 Å². The van der Waals surface area contributed by atoms with Gasteiger partial charge in [-0.25, -0.2) is 0 Å². The Hall–Kier alpha value is -1.94. The summed E-state index contributed by atoms with van der Waals surface area (Å²) in [4.78, 5) is 29.0. The average Bonchev–Trinajstić information content (AvgIpc) is 3.05. The number of anilines is 1. The molecule has 0 aromatic heterocycles. The quantitative estimate of drug-likeness (QED) is 0.294. The molecule has 5 rings (SSSR count). The van der Waals surface area contributed by atoms with Crippen LogP contribution in [0.15, 0.2) is 72.2 Å². The summed E-state index contributed by atoms with van der Waals surface area (Å²) >= 11 is 10.8. The van der Waals surface area contributed by atoms with Crippen molar-refractivity contribution in [1.82, 2.24) is 10.2 Å². The first-order valence-electron chi connectivity index (χ1n) is 11.5. The molecule has 0 bridgehead atoms. The van der Waals surface area contributed by atoms with Gasteiger partial charge in [-0.2, -0.15) is 11.8 Å². The number of nitrogens with one attached hydrogen (secondary N) is 2. The van der Waals surface area contributed by atoms with Crippen molar-refractivity contribution < 1.29 is 9.59 Å². The van der Waals surface area contributed by atoms with E-state index < -0.39 is 0 Å². The van der Waals surface area contributed by atoms with E-state index in [-0.39, 0.29) is 36.1 Å². The standard InChI is InChI=1S/C27H25ClIN3O2S.ClH/c1-16-20(5-3-7-24(16)29)27(34)31-18-8-9-21(23(28)12-18)26(33)22-6-2-4-17-13-30-14-19-15-35-11-10-32(19)25(17)22;/h2-5,7-9,12-14,22,25,30H,6,10-11,15H2,1H3,(H,31,34);1H. The molecule has 1 aliphatic carbocycles. The molecule has 2 atom stereocenters.